The highest BCUT2D eigenvalue weighted by Gasteiger charge is 2.27. The molecule has 1 N–H and O–H groups in total. The van der Waals surface area contributed by atoms with Gasteiger partial charge in [-0.15, -0.1) is 0 Å². The van der Waals surface area contributed by atoms with Crippen molar-refractivity contribution in [1.29, 1.82) is 0 Å². The van der Waals surface area contributed by atoms with Crippen LogP contribution in [0.15, 0.2) is 30.3 Å². The van der Waals surface area contributed by atoms with Crippen molar-refractivity contribution >= 4 is 18.4 Å². The Morgan fingerprint density at radius 3 is 2.59 bits per heavy atom. The minimum atomic E-state index is -0.993. The second-order valence-electron chi connectivity index (χ2n) is 4.95. The van der Waals surface area contributed by atoms with Gasteiger partial charge in [0.25, 0.3) is 0 Å². The van der Waals surface area contributed by atoms with Crippen LogP contribution in [0.5, 0.6) is 11.5 Å². The number of Topliss-reactive ketones (excluding diaryl/α,β-unsaturated/α-hetero) is 1. The third-order valence-electron chi connectivity index (χ3n) is 3.40. The smallest absolute Gasteiger partial charge is 0.451 e. The first-order valence-electron chi connectivity index (χ1n) is 6.56. The molecule has 2 aromatic rings. The van der Waals surface area contributed by atoms with E-state index in [2.05, 4.69) is 0 Å². The van der Waals surface area contributed by atoms with Crippen molar-refractivity contribution in [1.82, 2.24) is 0 Å². The van der Waals surface area contributed by atoms with Gasteiger partial charge in [-0.3, -0.25) is 4.79 Å². The molecule has 0 aliphatic carbocycles. The number of halogens is 2. The van der Waals surface area contributed by atoms with Gasteiger partial charge in [0, 0.05) is 5.56 Å². The number of carbonyl (C=O) groups is 1. The average Bonchev–Trinajstić information content (AvgIpc) is 2.83. The summed E-state index contributed by atoms with van der Waals surface area (Å²) in [7, 11) is -0.993. The van der Waals surface area contributed by atoms with Crippen molar-refractivity contribution in [3.05, 3.63) is 53.1 Å². The quantitative estimate of drug-likeness (QED) is 0.697. The molecule has 0 fully saturated rings. The molecule has 1 aliphatic heterocycles. The van der Waals surface area contributed by atoms with Gasteiger partial charge < -0.3 is 14.4 Å². The molecule has 112 valence electrons. The van der Waals surface area contributed by atoms with E-state index in [0.717, 1.165) is 12.1 Å². The second-order valence-corrected chi connectivity index (χ2v) is 4.95. The molecular formula is C15H11BF2O4. The number of fused-ring (bicyclic) bond motifs is 1. The van der Waals surface area contributed by atoms with Gasteiger partial charge in [-0.05, 0) is 42.2 Å². The number of hydrogen-bond acceptors (Lipinski definition) is 4. The first-order chi connectivity index (χ1) is 10.5. The van der Waals surface area contributed by atoms with Crippen LogP contribution in [0.1, 0.15) is 22.8 Å². The van der Waals surface area contributed by atoms with E-state index in [1.807, 2.05) is 0 Å². The summed E-state index contributed by atoms with van der Waals surface area (Å²) in [6.45, 7) is 1.42. The lowest BCUT2D eigenvalue weighted by Crippen LogP contribution is -2.27. The Kier molecular flexibility index (Phi) is 3.68. The van der Waals surface area contributed by atoms with Crippen LogP contribution < -0.4 is 10.2 Å². The molecule has 0 aromatic heterocycles. The van der Waals surface area contributed by atoms with Gasteiger partial charge in [-0.2, -0.15) is 0 Å². The third kappa shape index (κ3) is 2.60. The molecule has 0 amide bonds. The lowest BCUT2D eigenvalue weighted by Gasteiger charge is -2.10. The zero-order valence-corrected chi connectivity index (χ0v) is 11.6. The molecule has 0 spiro atoms. The SMILES string of the molecule is CC(=O)c1cc(F)c(Oc2ccc3c(c2)COB3O)c(F)c1. The van der Waals surface area contributed by atoms with Gasteiger partial charge >= 0.3 is 7.12 Å². The molecular weight excluding hydrogens is 293 g/mol. The first-order valence-corrected chi connectivity index (χ1v) is 6.56. The van der Waals surface area contributed by atoms with Gasteiger partial charge in [-0.25, -0.2) is 8.78 Å². The highest BCUT2D eigenvalue weighted by molar-refractivity contribution is 6.61. The van der Waals surface area contributed by atoms with E-state index in [0.29, 0.717) is 11.0 Å². The van der Waals surface area contributed by atoms with Crippen LogP contribution in [0.4, 0.5) is 8.78 Å². The van der Waals surface area contributed by atoms with Crippen molar-refractivity contribution in [3.8, 4) is 11.5 Å². The largest absolute Gasteiger partial charge is 0.491 e. The topological polar surface area (TPSA) is 55.8 Å². The molecule has 0 radical (unpaired) electrons. The number of hydrogen-bond donors (Lipinski definition) is 1. The Hall–Kier alpha value is -2.25. The van der Waals surface area contributed by atoms with E-state index in [1.165, 1.54) is 13.0 Å². The lowest BCUT2D eigenvalue weighted by atomic mass is 9.80. The van der Waals surface area contributed by atoms with Crippen molar-refractivity contribution < 1.29 is 28.0 Å². The zero-order chi connectivity index (χ0) is 15.9. The van der Waals surface area contributed by atoms with Crippen LogP contribution >= 0.6 is 0 Å². The zero-order valence-electron chi connectivity index (χ0n) is 11.6. The molecule has 22 heavy (non-hydrogen) atoms. The number of benzene rings is 2. The van der Waals surface area contributed by atoms with E-state index in [1.54, 1.807) is 12.1 Å². The maximum absolute atomic E-state index is 13.9. The fraction of sp³-hybridized carbons (Fsp3) is 0.133. The minimum absolute atomic E-state index is 0.0622. The first kappa shape index (κ1) is 14.7. The van der Waals surface area contributed by atoms with Crippen LogP contribution in [0, 0.1) is 11.6 Å². The van der Waals surface area contributed by atoms with Crippen molar-refractivity contribution in [3.63, 3.8) is 0 Å². The summed E-state index contributed by atoms with van der Waals surface area (Å²) in [5.74, 6) is -2.72. The Balaban J connectivity index is 1.92. The molecule has 3 rings (SSSR count). The van der Waals surface area contributed by atoms with E-state index in [-0.39, 0.29) is 17.9 Å². The third-order valence-corrected chi connectivity index (χ3v) is 3.40. The maximum Gasteiger partial charge on any atom is 0.491 e. The highest BCUT2D eigenvalue weighted by atomic mass is 19.1. The summed E-state index contributed by atoms with van der Waals surface area (Å²) in [6, 6.07) is 6.46. The molecule has 0 atom stereocenters. The normalized spacial score (nSPS) is 13.2. The second kappa shape index (κ2) is 5.51. The van der Waals surface area contributed by atoms with Crippen LogP contribution in [0.3, 0.4) is 0 Å². The monoisotopic (exact) mass is 304 g/mol. The Morgan fingerprint density at radius 1 is 1.27 bits per heavy atom. The molecule has 0 unspecified atom stereocenters. The van der Waals surface area contributed by atoms with Gasteiger partial charge in [0.15, 0.2) is 23.2 Å². The van der Waals surface area contributed by atoms with Gasteiger partial charge in [0.1, 0.15) is 5.75 Å². The van der Waals surface area contributed by atoms with Crippen LogP contribution in [-0.2, 0) is 11.3 Å². The predicted octanol–water partition coefficient (Wildman–Crippen LogP) is 2.18. The molecule has 7 heteroatoms. The standard InChI is InChI=1S/C15H11BF2O4/c1-8(19)9-5-13(17)15(14(18)6-9)22-11-2-3-12-10(4-11)7-21-16(12)20/h2-6,20H,7H2,1H3. The summed E-state index contributed by atoms with van der Waals surface area (Å²) in [6.07, 6.45) is 0. The fourth-order valence-corrected chi connectivity index (χ4v) is 2.25. The predicted molar refractivity (Wildman–Crippen MR) is 75.3 cm³/mol. The Morgan fingerprint density at radius 2 is 1.95 bits per heavy atom. The van der Waals surface area contributed by atoms with Gasteiger partial charge in [-0.1, -0.05) is 6.07 Å². The number of ketones is 1. The Labute approximate surface area is 125 Å². The molecule has 4 nitrogen and oxygen atoms in total. The van der Waals surface area contributed by atoms with Gasteiger partial charge in [0.05, 0.1) is 6.61 Å². The number of carbonyl (C=O) groups excluding carboxylic acids is 1. The lowest BCUT2D eigenvalue weighted by molar-refractivity contribution is 0.101. The van der Waals surface area contributed by atoms with Crippen molar-refractivity contribution in [2.75, 3.05) is 0 Å². The summed E-state index contributed by atoms with van der Waals surface area (Å²) in [5, 5.41) is 9.52. The molecule has 0 saturated carbocycles. The van der Waals surface area contributed by atoms with Gasteiger partial charge in [0.2, 0.25) is 0 Å². The molecule has 2 aromatic carbocycles. The van der Waals surface area contributed by atoms with Crippen LogP contribution in [0.2, 0.25) is 0 Å². The van der Waals surface area contributed by atoms with Crippen LogP contribution in [0.25, 0.3) is 0 Å². The van der Waals surface area contributed by atoms with E-state index in [4.69, 9.17) is 9.39 Å². The molecule has 1 aliphatic rings. The van der Waals surface area contributed by atoms with E-state index >= 15 is 0 Å². The number of ether oxygens (including phenoxy) is 1. The van der Waals surface area contributed by atoms with Crippen molar-refractivity contribution in [2.24, 2.45) is 0 Å². The van der Waals surface area contributed by atoms with E-state index in [9.17, 15) is 18.6 Å². The molecule has 0 bridgehead atoms. The number of rotatable bonds is 3. The molecule has 0 saturated heterocycles. The Bertz CT molecular complexity index is 740. The highest BCUT2D eigenvalue weighted by Crippen LogP contribution is 2.29. The average molecular weight is 304 g/mol. The summed E-state index contributed by atoms with van der Waals surface area (Å²) >= 11 is 0. The van der Waals surface area contributed by atoms with E-state index < -0.39 is 30.3 Å². The summed E-state index contributed by atoms with van der Waals surface area (Å²) < 4.78 is 38.1. The molecule has 1 heterocycles. The summed E-state index contributed by atoms with van der Waals surface area (Å²) in [4.78, 5) is 11.2. The fourth-order valence-electron chi connectivity index (χ4n) is 2.25. The van der Waals surface area contributed by atoms with Crippen molar-refractivity contribution in [2.45, 2.75) is 13.5 Å². The minimum Gasteiger partial charge on any atom is -0.451 e. The summed E-state index contributed by atoms with van der Waals surface area (Å²) in [5.41, 5.74) is 1.22. The van der Waals surface area contributed by atoms with Crippen LogP contribution in [-0.4, -0.2) is 17.9 Å². The maximum atomic E-state index is 13.9.